The fourth-order valence-corrected chi connectivity index (χ4v) is 4.32. The van der Waals surface area contributed by atoms with Crippen LogP contribution in [0.4, 0.5) is 0 Å². The SMILES string of the molecule is CC1=C[C@@H]2O[C@@]3(CC[C@@H](C)[C@@H]3CC2(C)C)C1. The Morgan fingerprint density at radius 2 is 2.12 bits per heavy atom. The third-order valence-electron chi connectivity index (χ3n) is 5.28. The molecule has 3 aliphatic rings. The van der Waals surface area contributed by atoms with Crippen molar-refractivity contribution < 1.29 is 4.74 Å². The smallest absolute Gasteiger partial charge is 0.0817 e. The molecular weight excluding hydrogens is 196 g/mol. The van der Waals surface area contributed by atoms with Crippen molar-refractivity contribution in [3.63, 3.8) is 0 Å². The van der Waals surface area contributed by atoms with Crippen LogP contribution in [-0.2, 0) is 4.74 Å². The van der Waals surface area contributed by atoms with Crippen LogP contribution in [0.15, 0.2) is 11.6 Å². The van der Waals surface area contributed by atoms with Gasteiger partial charge in [0.2, 0.25) is 0 Å². The Labute approximate surface area is 99.3 Å². The molecule has 0 aromatic carbocycles. The molecule has 1 aliphatic carbocycles. The minimum atomic E-state index is 0.221. The Balaban J connectivity index is 2.03. The lowest BCUT2D eigenvalue weighted by molar-refractivity contribution is -0.193. The number of rotatable bonds is 0. The maximum atomic E-state index is 6.51. The van der Waals surface area contributed by atoms with E-state index in [0.717, 1.165) is 11.8 Å². The predicted molar refractivity (Wildman–Crippen MR) is 66.3 cm³/mol. The lowest BCUT2D eigenvalue weighted by Gasteiger charge is -2.54. The molecule has 1 saturated carbocycles. The van der Waals surface area contributed by atoms with Gasteiger partial charge in [0.1, 0.15) is 0 Å². The molecular formula is C15H24O. The first-order valence-electron chi connectivity index (χ1n) is 6.78. The molecule has 0 amide bonds. The molecule has 0 aromatic heterocycles. The monoisotopic (exact) mass is 220 g/mol. The second kappa shape index (κ2) is 3.13. The zero-order valence-electron chi connectivity index (χ0n) is 11.0. The van der Waals surface area contributed by atoms with Crippen molar-refractivity contribution in [2.75, 3.05) is 0 Å². The van der Waals surface area contributed by atoms with E-state index >= 15 is 0 Å². The summed E-state index contributed by atoms with van der Waals surface area (Å²) in [7, 11) is 0. The van der Waals surface area contributed by atoms with Gasteiger partial charge in [-0.25, -0.2) is 0 Å². The van der Waals surface area contributed by atoms with Crippen LogP contribution in [0.2, 0.25) is 0 Å². The average Bonchev–Trinajstić information content (AvgIpc) is 2.45. The number of hydrogen-bond donors (Lipinski definition) is 0. The molecule has 90 valence electrons. The van der Waals surface area contributed by atoms with Gasteiger partial charge in [0, 0.05) is 0 Å². The lowest BCUT2D eigenvalue weighted by atomic mass is 9.64. The van der Waals surface area contributed by atoms with Crippen molar-refractivity contribution in [1.82, 2.24) is 0 Å². The minimum Gasteiger partial charge on any atom is -0.367 e. The summed E-state index contributed by atoms with van der Waals surface area (Å²) in [6, 6.07) is 0. The van der Waals surface area contributed by atoms with Crippen LogP contribution < -0.4 is 0 Å². The highest BCUT2D eigenvalue weighted by Crippen LogP contribution is 2.58. The van der Waals surface area contributed by atoms with E-state index in [0.29, 0.717) is 11.5 Å². The highest BCUT2D eigenvalue weighted by Gasteiger charge is 2.57. The largest absolute Gasteiger partial charge is 0.367 e. The van der Waals surface area contributed by atoms with Crippen LogP contribution >= 0.6 is 0 Å². The molecule has 1 spiro atoms. The topological polar surface area (TPSA) is 9.23 Å². The summed E-state index contributed by atoms with van der Waals surface area (Å²) in [6.07, 6.45) is 7.93. The van der Waals surface area contributed by atoms with E-state index in [2.05, 4.69) is 33.8 Å². The summed E-state index contributed by atoms with van der Waals surface area (Å²) in [5.41, 5.74) is 2.11. The average molecular weight is 220 g/mol. The van der Waals surface area contributed by atoms with E-state index in [4.69, 9.17) is 4.74 Å². The van der Waals surface area contributed by atoms with Gasteiger partial charge in [-0.2, -0.15) is 0 Å². The van der Waals surface area contributed by atoms with Crippen molar-refractivity contribution in [2.45, 2.75) is 65.1 Å². The maximum absolute atomic E-state index is 6.51. The van der Waals surface area contributed by atoms with E-state index in [-0.39, 0.29) is 5.60 Å². The predicted octanol–water partition coefficient (Wildman–Crippen LogP) is 3.94. The van der Waals surface area contributed by atoms with Crippen molar-refractivity contribution in [2.24, 2.45) is 17.3 Å². The molecule has 0 unspecified atom stereocenters. The Kier molecular flexibility index (Phi) is 2.12. The second-order valence-electron chi connectivity index (χ2n) is 7.11. The fourth-order valence-electron chi connectivity index (χ4n) is 4.32. The first-order chi connectivity index (χ1) is 7.43. The van der Waals surface area contributed by atoms with Crippen LogP contribution in [-0.4, -0.2) is 11.7 Å². The van der Waals surface area contributed by atoms with Crippen LogP contribution in [0.3, 0.4) is 0 Å². The Bertz CT molecular complexity index is 341. The number of hydrogen-bond acceptors (Lipinski definition) is 1. The quantitative estimate of drug-likeness (QED) is 0.562. The molecule has 1 saturated heterocycles. The van der Waals surface area contributed by atoms with Gasteiger partial charge in [-0.05, 0) is 49.9 Å². The van der Waals surface area contributed by atoms with E-state index in [1.54, 1.807) is 5.57 Å². The molecule has 0 aromatic rings. The summed E-state index contributed by atoms with van der Waals surface area (Å²) >= 11 is 0. The van der Waals surface area contributed by atoms with Crippen molar-refractivity contribution in [3.8, 4) is 0 Å². The van der Waals surface area contributed by atoms with Crippen LogP contribution in [0.5, 0.6) is 0 Å². The van der Waals surface area contributed by atoms with E-state index in [9.17, 15) is 0 Å². The Hall–Kier alpha value is -0.300. The molecule has 16 heavy (non-hydrogen) atoms. The minimum absolute atomic E-state index is 0.221. The molecule has 4 atom stereocenters. The molecule has 2 bridgehead atoms. The second-order valence-corrected chi connectivity index (χ2v) is 7.11. The molecule has 2 aliphatic heterocycles. The summed E-state index contributed by atoms with van der Waals surface area (Å²) < 4.78 is 6.51. The van der Waals surface area contributed by atoms with Crippen molar-refractivity contribution in [3.05, 3.63) is 11.6 Å². The summed E-state index contributed by atoms with van der Waals surface area (Å²) in [5, 5.41) is 0. The van der Waals surface area contributed by atoms with E-state index in [1.807, 2.05) is 0 Å². The molecule has 3 rings (SSSR count). The van der Waals surface area contributed by atoms with Crippen molar-refractivity contribution in [1.29, 1.82) is 0 Å². The highest BCUT2D eigenvalue weighted by atomic mass is 16.5. The zero-order chi connectivity index (χ0) is 11.6. The molecule has 0 N–H and O–H groups in total. The Morgan fingerprint density at radius 1 is 1.38 bits per heavy atom. The number of fused-ring (bicyclic) bond motifs is 1. The highest BCUT2D eigenvalue weighted by molar-refractivity contribution is 5.20. The molecule has 1 heteroatoms. The third kappa shape index (κ3) is 1.33. The van der Waals surface area contributed by atoms with Crippen LogP contribution in [0.25, 0.3) is 0 Å². The van der Waals surface area contributed by atoms with Gasteiger partial charge in [0.05, 0.1) is 11.7 Å². The standard InChI is InChI=1S/C15H24O/c1-10-7-13-14(3,4)9-12-11(2)5-6-15(12,8-10)16-13/h7,11-13H,5-6,8-9H2,1-4H3/t11-,12+,13+,15+/m1/s1. The normalized spacial score (nSPS) is 49.8. The van der Waals surface area contributed by atoms with Crippen molar-refractivity contribution >= 4 is 0 Å². The fraction of sp³-hybridized carbons (Fsp3) is 0.867. The van der Waals surface area contributed by atoms with Gasteiger partial charge in [-0.1, -0.05) is 32.4 Å². The lowest BCUT2D eigenvalue weighted by Crippen LogP contribution is -2.54. The van der Waals surface area contributed by atoms with Gasteiger partial charge in [0.15, 0.2) is 0 Å². The van der Waals surface area contributed by atoms with Gasteiger partial charge >= 0.3 is 0 Å². The van der Waals surface area contributed by atoms with Crippen LogP contribution in [0.1, 0.15) is 53.4 Å². The van der Waals surface area contributed by atoms with E-state index in [1.165, 1.54) is 25.7 Å². The summed E-state index contributed by atoms with van der Waals surface area (Å²) in [4.78, 5) is 0. The van der Waals surface area contributed by atoms with Gasteiger partial charge in [-0.15, -0.1) is 0 Å². The first kappa shape index (κ1) is 10.8. The molecule has 2 fully saturated rings. The van der Waals surface area contributed by atoms with Gasteiger partial charge in [-0.3, -0.25) is 0 Å². The van der Waals surface area contributed by atoms with Gasteiger partial charge < -0.3 is 4.74 Å². The molecule has 1 nitrogen and oxygen atoms in total. The molecule has 2 heterocycles. The molecule has 0 radical (unpaired) electrons. The van der Waals surface area contributed by atoms with Gasteiger partial charge in [0.25, 0.3) is 0 Å². The third-order valence-corrected chi connectivity index (χ3v) is 5.28. The van der Waals surface area contributed by atoms with Crippen LogP contribution in [0, 0.1) is 17.3 Å². The summed E-state index contributed by atoms with van der Waals surface area (Å²) in [6.45, 7) is 9.47. The maximum Gasteiger partial charge on any atom is 0.0817 e. The summed E-state index contributed by atoms with van der Waals surface area (Å²) in [5.74, 6) is 1.65. The Morgan fingerprint density at radius 3 is 2.88 bits per heavy atom. The first-order valence-corrected chi connectivity index (χ1v) is 6.78. The number of ether oxygens (including phenoxy) is 1. The van der Waals surface area contributed by atoms with E-state index < -0.39 is 0 Å². The zero-order valence-corrected chi connectivity index (χ0v) is 11.0.